The highest BCUT2D eigenvalue weighted by Crippen LogP contribution is 2.20. The van der Waals surface area contributed by atoms with E-state index in [2.05, 4.69) is 25.4 Å². The first-order chi connectivity index (χ1) is 9.65. The van der Waals surface area contributed by atoms with Gasteiger partial charge in [-0.3, -0.25) is 5.73 Å². The standard InChI is InChI=1S/C12H13N7O/c13-11-1-2-17-12(14,18-11)4-9-3-10(19-20-9)8-5-15-7-16-6-8/h1-3,5-7,17H,4,14H2,(H2,13,18). The van der Waals surface area contributed by atoms with Gasteiger partial charge in [0.05, 0.1) is 6.42 Å². The predicted octanol–water partition coefficient (Wildman–Crippen LogP) is -0.239. The van der Waals surface area contributed by atoms with E-state index >= 15 is 0 Å². The highest BCUT2D eigenvalue weighted by atomic mass is 16.5. The topological polar surface area (TPSA) is 128 Å². The second-order valence-corrected chi connectivity index (χ2v) is 4.42. The summed E-state index contributed by atoms with van der Waals surface area (Å²) in [6, 6.07) is 1.78. The smallest absolute Gasteiger partial charge is 0.191 e. The maximum Gasteiger partial charge on any atom is 0.191 e. The van der Waals surface area contributed by atoms with E-state index in [0.29, 0.717) is 23.7 Å². The van der Waals surface area contributed by atoms with Crippen molar-refractivity contribution in [1.29, 1.82) is 0 Å². The normalized spacial score (nSPS) is 21.4. The summed E-state index contributed by atoms with van der Waals surface area (Å²) in [4.78, 5) is 12.0. The number of nitrogens with two attached hydrogens (primary N) is 2. The molecule has 0 amide bonds. The molecule has 1 atom stereocenters. The Morgan fingerprint density at radius 2 is 2.10 bits per heavy atom. The molecule has 2 aromatic rings. The van der Waals surface area contributed by atoms with Crippen LogP contribution in [0.15, 0.2) is 46.6 Å². The molecule has 0 bridgehead atoms. The van der Waals surface area contributed by atoms with Gasteiger partial charge in [0.2, 0.25) is 0 Å². The van der Waals surface area contributed by atoms with Gasteiger partial charge in [-0.05, 0) is 6.08 Å². The van der Waals surface area contributed by atoms with Crippen LogP contribution in [-0.4, -0.2) is 26.7 Å². The SMILES string of the molecule is NC1=NC(N)(Cc2cc(-c3cncnc3)no2)NC=C1. The van der Waals surface area contributed by atoms with Crippen molar-refractivity contribution >= 4 is 5.84 Å². The molecule has 20 heavy (non-hydrogen) atoms. The van der Waals surface area contributed by atoms with Crippen molar-refractivity contribution in [3.05, 3.63) is 42.8 Å². The zero-order valence-electron chi connectivity index (χ0n) is 10.5. The van der Waals surface area contributed by atoms with E-state index < -0.39 is 5.79 Å². The molecule has 3 heterocycles. The van der Waals surface area contributed by atoms with Crippen molar-refractivity contribution < 1.29 is 4.52 Å². The van der Waals surface area contributed by atoms with Crippen LogP contribution in [0.3, 0.4) is 0 Å². The quantitative estimate of drug-likeness (QED) is 0.702. The Morgan fingerprint density at radius 3 is 2.85 bits per heavy atom. The van der Waals surface area contributed by atoms with E-state index in [9.17, 15) is 0 Å². The molecule has 102 valence electrons. The van der Waals surface area contributed by atoms with Crippen molar-refractivity contribution in [2.45, 2.75) is 12.2 Å². The lowest BCUT2D eigenvalue weighted by molar-refractivity contribution is 0.318. The average molecular weight is 271 g/mol. The van der Waals surface area contributed by atoms with Crippen LogP contribution in [0.5, 0.6) is 0 Å². The number of hydrogen-bond acceptors (Lipinski definition) is 8. The second-order valence-electron chi connectivity index (χ2n) is 4.42. The molecule has 5 N–H and O–H groups in total. The Bertz CT molecular complexity index is 663. The highest BCUT2D eigenvalue weighted by Gasteiger charge is 2.27. The summed E-state index contributed by atoms with van der Waals surface area (Å²) < 4.78 is 5.26. The molecular weight excluding hydrogens is 258 g/mol. The molecule has 0 spiro atoms. The monoisotopic (exact) mass is 271 g/mol. The minimum Gasteiger partial charge on any atom is -0.384 e. The van der Waals surface area contributed by atoms with Gasteiger partial charge in [-0.25, -0.2) is 15.0 Å². The van der Waals surface area contributed by atoms with Crippen LogP contribution in [-0.2, 0) is 6.42 Å². The van der Waals surface area contributed by atoms with Gasteiger partial charge in [0.15, 0.2) is 5.79 Å². The lowest BCUT2D eigenvalue weighted by atomic mass is 10.1. The van der Waals surface area contributed by atoms with Crippen molar-refractivity contribution in [3.8, 4) is 11.3 Å². The van der Waals surface area contributed by atoms with Gasteiger partial charge >= 0.3 is 0 Å². The summed E-state index contributed by atoms with van der Waals surface area (Å²) in [5.41, 5.74) is 13.1. The fourth-order valence-electron chi connectivity index (χ4n) is 1.89. The Morgan fingerprint density at radius 1 is 1.30 bits per heavy atom. The van der Waals surface area contributed by atoms with Crippen molar-refractivity contribution in [2.75, 3.05) is 0 Å². The molecule has 0 radical (unpaired) electrons. The summed E-state index contributed by atoms with van der Waals surface area (Å²) in [7, 11) is 0. The molecule has 1 aliphatic rings. The first-order valence-corrected chi connectivity index (χ1v) is 5.94. The number of aliphatic imine (C=N–C) groups is 1. The first kappa shape index (κ1) is 12.3. The van der Waals surface area contributed by atoms with Gasteiger partial charge in [0.1, 0.15) is 23.6 Å². The van der Waals surface area contributed by atoms with Crippen LogP contribution in [0.25, 0.3) is 11.3 Å². The van der Waals surface area contributed by atoms with Crippen LogP contribution in [0.4, 0.5) is 0 Å². The predicted molar refractivity (Wildman–Crippen MR) is 72.0 cm³/mol. The van der Waals surface area contributed by atoms with Crippen molar-refractivity contribution in [2.24, 2.45) is 16.5 Å². The number of nitrogens with zero attached hydrogens (tertiary/aromatic N) is 4. The van der Waals surface area contributed by atoms with E-state index in [1.807, 2.05) is 0 Å². The lowest BCUT2D eigenvalue weighted by Gasteiger charge is -2.27. The molecule has 0 saturated heterocycles. The number of aromatic nitrogens is 3. The zero-order valence-corrected chi connectivity index (χ0v) is 10.5. The fraction of sp³-hybridized carbons (Fsp3) is 0.167. The summed E-state index contributed by atoms with van der Waals surface area (Å²) in [6.45, 7) is 0. The minimum atomic E-state index is -1.02. The summed E-state index contributed by atoms with van der Waals surface area (Å²) in [6.07, 6.45) is 8.38. The zero-order chi connectivity index (χ0) is 14.0. The molecule has 2 aromatic heterocycles. The molecule has 1 aliphatic heterocycles. The third-order valence-electron chi connectivity index (χ3n) is 2.78. The maximum absolute atomic E-state index is 6.09. The molecule has 0 aromatic carbocycles. The van der Waals surface area contributed by atoms with Crippen molar-refractivity contribution in [3.63, 3.8) is 0 Å². The highest BCUT2D eigenvalue weighted by molar-refractivity contribution is 5.92. The van der Waals surface area contributed by atoms with Gasteiger partial charge in [0.25, 0.3) is 0 Å². The number of rotatable bonds is 3. The third kappa shape index (κ3) is 2.50. The largest absolute Gasteiger partial charge is 0.384 e. The summed E-state index contributed by atoms with van der Waals surface area (Å²) in [5.74, 6) is -0.0730. The van der Waals surface area contributed by atoms with Crippen LogP contribution < -0.4 is 16.8 Å². The van der Waals surface area contributed by atoms with Gasteiger partial charge < -0.3 is 15.6 Å². The van der Waals surface area contributed by atoms with E-state index in [0.717, 1.165) is 5.56 Å². The summed E-state index contributed by atoms with van der Waals surface area (Å²) in [5, 5.41) is 6.91. The Balaban J connectivity index is 1.80. The molecule has 1 unspecified atom stereocenters. The first-order valence-electron chi connectivity index (χ1n) is 5.94. The molecule has 0 aliphatic carbocycles. The van der Waals surface area contributed by atoms with Gasteiger partial charge in [-0.15, -0.1) is 0 Å². The lowest BCUT2D eigenvalue weighted by Crippen LogP contribution is -2.54. The van der Waals surface area contributed by atoms with Gasteiger partial charge in [-0.2, -0.15) is 0 Å². The molecule has 3 rings (SSSR count). The van der Waals surface area contributed by atoms with Crippen LogP contribution in [0, 0.1) is 0 Å². The number of nitrogens with one attached hydrogen (secondary N) is 1. The van der Waals surface area contributed by atoms with Gasteiger partial charge in [-0.1, -0.05) is 5.16 Å². The fourth-order valence-corrected chi connectivity index (χ4v) is 1.89. The number of hydrogen-bond donors (Lipinski definition) is 3. The van der Waals surface area contributed by atoms with E-state index in [1.54, 1.807) is 30.7 Å². The Labute approximate surface area is 114 Å². The van der Waals surface area contributed by atoms with E-state index in [4.69, 9.17) is 16.0 Å². The second kappa shape index (κ2) is 4.74. The molecular formula is C12H13N7O. The Hall–Kier alpha value is -2.74. The van der Waals surface area contributed by atoms with E-state index in [-0.39, 0.29) is 0 Å². The maximum atomic E-state index is 6.09. The molecule has 8 heteroatoms. The Kier molecular flexibility index (Phi) is 2.92. The van der Waals surface area contributed by atoms with Crippen LogP contribution in [0.1, 0.15) is 5.76 Å². The van der Waals surface area contributed by atoms with E-state index in [1.165, 1.54) is 6.33 Å². The number of amidine groups is 1. The van der Waals surface area contributed by atoms with Crippen LogP contribution >= 0.6 is 0 Å². The molecule has 0 fully saturated rings. The average Bonchev–Trinajstić information content (AvgIpc) is 2.87. The molecule has 0 saturated carbocycles. The van der Waals surface area contributed by atoms with Gasteiger partial charge in [0, 0.05) is 30.2 Å². The molecule has 8 nitrogen and oxygen atoms in total. The van der Waals surface area contributed by atoms with Crippen molar-refractivity contribution in [1.82, 2.24) is 20.4 Å². The summed E-state index contributed by atoms with van der Waals surface area (Å²) >= 11 is 0. The minimum absolute atomic E-state index is 0.318. The third-order valence-corrected chi connectivity index (χ3v) is 2.78. The van der Waals surface area contributed by atoms with Crippen LogP contribution in [0.2, 0.25) is 0 Å².